The SMILES string of the molecule is C=CCOc1ccc([C@@H]2C(=C(O)c3ccc4c(c3)C[C@@H](C)O4)C(=O)C(=O)N2c2nc3ccc(Cl)cc3s2)cc1. The minimum absolute atomic E-state index is 0.0102. The number of amides is 1. The third-order valence-electron chi connectivity index (χ3n) is 6.72. The molecule has 196 valence electrons. The number of aromatic nitrogens is 1. The molecule has 0 unspecified atom stereocenters. The summed E-state index contributed by atoms with van der Waals surface area (Å²) in [5.74, 6) is -0.444. The fraction of sp³-hybridized carbons (Fsp3) is 0.167. The monoisotopic (exact) mass is 558 g/mol. The lowest BCUT2D eigenvalue weighted by Gasteiger charge is -2.23. The third-order valence-corrected chi connectivity index (χ3v) is 7.98. The number of hydrogen-bond acceptors (Lipinski definition) is 7. The summed E-state index contributed by atoms with van der Waals surface area (Å²) >= 11 is 7.43. The summed E-state index contributed by atoms with van der Waals surface area (Å²) in [6.07, 6.45) is 2.36. The second-order valence-corrected chi connectivity index (χ2v) is 10.8. The second-order valence-electron chi connectivity index (χ2n) is 9.40. The van der Waals surface area contributed by atoms with Gasteiger partial charge in [0.05, 0.1) is 21.8 Å². The molecule has 0 saturated carbocycles. The molecular formula is C30H23ClN2O5S. The highest BCUT2D eigenvalue weighted by molar-refractivity contribution is 7.22. The molecule has 0 radical (unpaired) electrons. The Bertz CT molecular complexity index is 1680. The molecule has 2 aliphatic rings. The number of aliphatic hydroxyl groups is 1. The van der Waals surface area contributed by atoms with Crippen molar-refractivity contribution in [2.24, 2.45) is 0 Å². The lowest BCUT2D eigenvalue weighted by Crippen LogP contribution is -2.29. The number of thiazole rings is 1. The molecule has 3 heterocycles. The first-order valence-corrected chi connectivity index (χ1v) is 13.5. The first-order chi connectivity index (χ1) is 18.8. The van der Waals surface area contributed by atoms with Gasteiger partial charge in [0.25, 0.3) is 5.78 Å². The number of hydrogen-bond donors (Lipinski definition) is 1. The molecule has 1 fully saturated rings. The van der Waals surface area contributed by atoms with Gasteiger partial charge in [-0.1, -0.05) is 47.7 Å². The van der Waals surface area contributed by atoms with Gasteiger partial charge < -0.3 is 14.6 Å². The highest BCUT2D eigenvalue weighted by Crippen LogP contribution is 2.45. The molecule has 1 aromatic heterocycles. The third kappa shape index (κ3) is 4.45. The first kappa shape index (κ1) is 25.2. The van der Waals surface area contributed by atoms with Gasteiger partial charge in [0.1, 0.15) is 30.0 Å². The van der Waals surface area contributed by atoms with Crippen LogP contribution in [0.4, 0.5) is 5.13 Å². The van der Waals surface area contributed by atoms with Crippen molar-refractivity contribution in [1.82, 2.24) is 4.98 Å². The molecule has 2 atom stereocenters. The molecule has 1 saturated heterocycles. The van der Waals surface area contributed by atoms with Gasteiger partial charge in [0.2, 0.25) is 0 Å². The molecule has 0 spiro atoms. The van der Waals surface area contributed by atoms with E-state index in [1.807, 2.05) is 13.0 Å². The molecule has 3 aromatic carbocycles. The number of anilines is 1. The number of carbonyl (C=O) groups excluding carboxylic acids is 2. The van der Waals surface area contributed by atoms with E-state index in [2.05, 4.69) is 11.6 Å². The molecule has 1 N–H and O–H groups in total. The van der Waals surface area contributed by atoms with Gasteiger partial charge in [-0.2, -0.15) is 0 Å². The summed E-state index contributed by atoms with van der Waals surface area (Å²) in [5.41, 5.74) is 2.64. The van der Waals surface area contributed by atoms with Crippen LogP contribution in [0.3, 0.4) is 0 Å². The Morgan fingerprint density at radius 1 is 1.21 bits per heavy atom. The van der Waals surface area contributed by atoms with Crippen molar-refractivity contribution in [3.63, 3.8) is 0 Å². The van der Waals surface area contributed by atoms with Crippen LogP contribution in [0.1, 0.15) is 29.7 Å². The Morgan fingerprint density at radius 2 is 2.00 bits per heavy atom. The van der Waals surface area contributed by atoms with Crippen molar-refractivity contribution in [3.8, 4) is 11.5 Å². The summed E-state index contributed by atoms with van der Waals surface area (Å²) in [6.45, 7) is 5.97. The number of ketones is 1. The summed E-state index contributed by atoms with van der Waals surface area (Å²) in [7, 11) is 0. The zero-order valence-electron chi connectivity index (χ0n) is 20.9. The fourth-order valence-corrected chi connectivity index (χ4v) is 6.23. The van der Waals surface area contributed by atoms with Crippen molar-refractivity contribution in [2.75, 3.05) is 11.5 Å². The van der Waals surface area contributed by atoms with Crippen molar-refractivity contribution >= 4 is 55.7 Å². The Labute approximate surface area is 233 Å². The van der Waals surface area contributed by atoms with Crippen LogP contribution in [0.15, 0.2) is 78.9 Å². The maximum absolute atomic E-state index is 13.5. The summed E-state index contributed by atoms with van der Waals surface area (Å²) in [6, 6.07) is 16.7. The van der Waals surface area contributed by atoms with Crippen molar-refractivity contribution in [3.05, 3.63) is 101 Å². The number of rotatable bonds is 6. The minimum Gasteiger partial charge on any atom is -0.507 e. The predicted molar refractivity (Wildman–Crippen MR) is 152 cm³/mol. The summed E-state index contributed by atoms with van der Waals surface area (Å²) < 4.78 is 12.2. The van der Waals surface area contributed by atoms with E-state index in [-0.39, 0.29) is 17.4 Å². The quantitative estimate of drug-likeness (QED) is 0.126. The minimum atomic E-state index is -0.905. The van der Waals surface area contributed by atoms with Crippen LogP contribution in [0, 0.1) is 0 Å². The molecule has 0 bridgehead atoms. The zero-order chi connectivity index (χ0) is 27.3. The molecule has 7 nitrogen and oxygen atoms in total. The summed E-state index contributed by atoms with van der Waals surface area (Å²) in [5, 5.41) is 12.4. The molecule has 4 aromatic rings. The molecule has 0 aliphatic carbocycles. The molecule has 6 rings (SSSR count). The second kappa shape index (κ2) is 9.87. The maximum Gasteiger partial charge on any atom is 0.301 e. The molecule has 39 heavy (non-hydrogen) atoms. The van der Waals surface area contributed by atoms with Crippen LogP contribution in [0.5, 0.6) is 11.5 Å². The summed E-state index contributed by atoms with van der Waals surface area (Å²) in [4.78, 5) is 33.1. The van der Waals surface area contributed by atoms with Crippen LogP contribution < -0.4 is 14.4 Å². The van der Waals surface area contributed by atoms with Crippen LogP contribution in [-0.2, 0) is 16.0 Å². The van der Waals surface area contributed by atoms with Crippen molar-refractivity contribution in [1.29, 1.82) is 0 Å². The highest BCUT2D eigenvalue weighted by atomic mass is 35.5. The van der Waals surface area contributed by atoms with E-state index in [0.29, 0.717) is 45.6 Å². The van der Waals surface area contributed by atoms with Crippen LogP contribution in [0.2, 0.25) is 5.02 Å². The number of aliphatic hydroxyl groups excluding tert-OH is 1. The normalized spacial score (nSPS) is 19.8. The van der Waals surface area contributed by atoms with Gasteiger partial charge in [-0.25, -0.2) is 4.98 Å². The van der Waals surface area contributed by atoms with Gasteiger partial charge in [-0.3, -0.25) is 14.5 Å². The standard InChI is InChI=1S/C30H23ClN2O5S/c1-3-12-37-21-8-4-17(5-9-21)26-25(27(34)18-6-11-23-19(14-18)13-16(2)38-23)28(35)29(36)33(26)30-32-22-10-7-20(31)15-24(22)39-30/h3-11,14-16,26,34H,1,12-13H2,2H3/t16-,26-/m1/s1. The van der Waals surface area contributed by atoms with Gasteiger partial charge >= 0.3 is 5.91 Å². The van der Waals surface area contributed by atoms with Crippen molar-refractivity contribution < 1.29 is 24.2 Å². The van der Waals surface area contributed by atoms with Gasteiger partial charge in [-0.15, -0.1) is 0 Å². The molecule has 1 amide bonds. The first-order valence-electron chi connectivity index (χ1n) is 12.3. The number of carbonyl (C=O) groups is 2. The number of benzene rings is 3. The Kier molecular flexibility index (Phi) is 6.37. The highest BCUT2D eigenvalue weighted by Gasteiger charge is 2.48. The Hall–Kier alpha value is -4.14. The van der Waals surface area contributed by atoms with E-state index in [4.69, 9.17) is 21.1 Å². The predicted octanol–water partition coefficient (Wildman–Crippen LogP) is 6.46. The Balaban J connectivity index is 1.50. The van der Waals surface area contributed by atoms with Crippen LogP contribution in [-0.4, -0.2) is 34.5 Å². The Morgan fingerprint density at radius 3 is 2.77 bits per heavy atom. The number of ether oxygens (including phenoxy) is 2. The number of fused-ring (bicyclic) bond motifs is 2. The van der Waals surface area contributed by atoms with Gasteiger partial charge in [0, 0.05) is 17.0 Å². The van der Waals surface area contributed by atoms with E-state index < -0.39 is 17.7 Å². The van der Waals surface area contributed by atoms with E-state index in [1.54, 1.807) is 60.7 Å². The lowest BCUT2D eigenvalue weighted by atomic mass is 9.94. The van der Waals surface area contributed by atoms with Gasteiger partial charge in [-0.05, 0) is 66.6 Å². The smallest absolute Gasteiger partial charge is 0.301 e. The fourth-order valence-electron chi connectivity index (χ4n) is 4.96. The van der Waals surface area contributed by atoms with Gasteiger partial charge in [0.15, 0.2) is 5.13 Å². The number of Topliss-reactive ketones (excluding diaryl/α,β-unsaturated/α-hetero) is 1. The zero-order valence-corrected chi connectivity index (χ0v) is 22.5. The lowest BCUT2D eigenvalue weighted by molar-refractivity contribution is -0.132. The topological polar surface area (TPSA) is 89.0 Å². The van der Waals surface area contributed by atoms with E-state index >= 15 is 0 Å². The van der Waals surface area contributed by atoms with Crippen LogP contribution >= 0.6 is 22.9 Å². The number of nitrogens with zero attached hydrogens (tertiary/aromatic N) is 2. The average molecular weight is 559 g/mol. The van der Waals surface area contributed by atoms with E-state index in [1.165, 1.54) is 16.2 Å². The molecular weight excluding hydrogens is 536 g/mol. The number of halogens is 1. The molecule has 2 aliphatic heterocycles. The van der Waals surface area contributed by atoms with Crippen LogP contribution in [0.25, 0.3) is 16.0 Å². The van der Waals surface area contributed by atoms with E-state index in [9.17, 15) is 14.7 Å². The largest absolute Gasteiger partial charge is 0.507 e. The molecule has 9 heteroatoms. The van der Waals surface area contributed by atoms with Crippen molar-refractivity contribution in [2.45, 2.75) is 25.5 Å². The average Bonchev–Trinajstić information content (AvgIpc) is 3.59. The maximum atomic E-state index is 13.5. The van der Waals surface area contributed by atoms with E-state index in [0.717, 1.165) is 16.0 Å².